The second-order valence-electron chi connectivity index (χ2n) is 10.0. The molecule has 3 heteroatoms. The zero-order chi connectivity index (χ0) is 21.8. The van der Waals surface area contributed by atoms with Crippen LogP contribution in [0, 0.1) is 12.8 Å². The SMILES string of the molecule is Cc1ccc2c(oc3nc(C4CCCCC4)ccc32)c1C1(C)C=CC(C(C)C)=CN1C. The van der Waals surface area contributed by atoms with Crippen LogP contribution in [-0.4, -0.2) is 16.9 Å². The molecule has 1 unspecified atom stereocenters. The topological polar surface area (TPSA) is 29.3 Å². The molecule has 3 aromatic rings. The number of hydrogen-bond acceptors (Lipinski definition) is 3. The number of rotatable bonds is 3. The summed E-state index contributed by atoms with van der Waals surface area (Å²) in [6, 6.07) is 8.90. The van der Waals surface area contributed by atoms with Crippen LogP contribution in [0.1, 0.15) is 75.6 Å². The van der Waals surface area contributed by atoms with Crippen molar-refractivity contribution in [1.82, 2.24) is 9.88 Å². The number of fused-ring (bicyclic) bond motifs is 3. The number of aryl methyl sites for hydroxylation is 1. The number of benzene rings is 1. The van der Waals surface area contributed by atoms with Gasteiger partial charge in [-0.25, -0.2) is 4.98 Å². The summed E-state index contributed by atoms with van der Waals surface area (Å²) in [6.45, 7) is 8.96. The average Bonchev–Trinajstić information content (AvgIpc) is 3.13. The zero-order valence-corrected chi connectivity index (χ0v) is 19.5. The molecule has 2 aromatic heterocycles. The predicted octanol–water partition coefficient (Wildman–Crippen LogP) is 7.59. The molecule has 3 nitrogen and oxygen atoms in total. The minimum Gasteiger partial charge on any atom is -0.437 e. The molecule has 1 atom stereocenters. The van der Waals surface area contributed by atoms with Gasteiger partial charge < -0.3 is 9.32 Å². The molecule has 0 radical (unpaired) electrons. The Morgan fingerprint density at radius 2 is 1.81 bits per heavy atom. The van der Waals surface area contributed by atoms with Gasteiger partial charge in [0.1, 0.15) is 5.58 Å². The molecule has 0 saturated heterocycles. The van der Waals surface area contributed by atoms with Gasteiger partial charge in [-0.1, -0.05) is 57.4 Å². The lowest BCUT2D eigenvalue weighted by Gasteiger charge is -2.40. The molecule has 0 bridgehead atoms. The highest BCUT2D eigenvalue weighted by Crippen LogP contribution is 2.43. The largest absolute Gasteiger partial charge is 0.437 e. The second kappa shape index (κ2) is 7.55. The Labute approximate surface area is 185 Å². The molecule has 0 N–H and O–H groups in total. The molecule has 5 rings (SSSR count). The molecule has 31 heavy (non-hydrogen) atoms. The van der Waals surface area contributed by atoms with Crippen molar-refractivity contribution in [3.05, 3.63) is 65.0 Å². The van der Waals surface area contributed by atoms with E-state index in [1.807, 2.05) is 0 Å². The number of aromatic nitrogens is 1. The number of allylic oxidation sites excluding steroid dienone is 2. The number of nitrogens with zero attached hydrogens (tertiary/aromatic N) is 2. The van der Waals surface area contributed by atoms with E-state index in [0.29, 0.717) is 11.8 Å². The highest BCUT2D eigenvalue weighted by Gasteiger charge is 2.35. The van der Waals surface area contributed by atoms with Crippen molar-refractivity contribution >= 4 is 22.1 Å². The van der Waals surface area contributed by atoms with Crippen molar-refractivity contribution in [3.8, 4) is 0 Å². The lowest BCUT2D eigenvalue weighted by molar-refractivity contribution is 0.256. The minimum absolute atomic E-state index is 0.262. The van der Waals surface area contributed by atoms with Crippen molar-refractivity contribution < 1.29 is 4.42 Å². The van der Waals surface area contributed by atoms with Crippen molar-refractivity contribution in [3.63, 3.8) is 0 Å². The van der Waals surface area contributed by atoms with Gasteiger partial charge in [0.15, 0.2) is 0 Å². The van der Waals surface area contributed by atoms with Crippen LogP contribution >= 0.6 is 0 Å². The van der Waals surface area contributed by atoms with Gasteiger partial charge in [-0.15, -0.1) is 0 Å². The molecule has 1 aliphatic heterocycles. The molecule has 1 aliphatic carbocycles. The second-order valence-corrected chi connectivity index (χ2v) is 10.0. The molecule has 2 aliphatic rings. The van der Waals surface area contributed by atoms with Crippen LogP contribution in [0.25, 0.3) is 22.1 Å². The van der Waals surface area contributed by atoms with Crippen LogP contribution in [0.2, 0.25) is 0 Å². The third-order valence-corrected chi connectivity index (χ3v) is 7.61. The van der Waals surface area contributed by atoms with E-state index < -0.39 is 0 Å². The molecule has 1 saturated carbocycles. The van der Waals surface area contributed by atoms with E-state index in [1.165, 1.54) is 59.9 Å². The Balaban J connectivity index is 1.65. The summed E-state index contributed by atoms with van der Waals surface area (Å²) in [7, 11) is 2.17. The van der Waals surface area contributed by atoms with Gasteiger partial charge in [0.05, 0.1) is 5.54 Å². The Bertz CT molecular complexity index is 1190. The summed E-state index contributed by atoms with van der Waals surface area (Å²) >= 11 is 0. The Hall–Kier alpha value is -2.55. The van der Waals surface area contributed by atoms with Gasteiger partial charge in [0.25, 0.3) is 0 Å². The van der Waals surface area contributed by atoms with Crippen molar-refractivity contribution in [2.24, 2.45) is 5.92 Å². The Morgan fingerprint density at radius 3 is 2.52 bits per heavy atom. The summed E-state index contributed by atoms with van der Waals surface area (Å²) in [5.74, 6) is 1.09. The van der Waals surface area contributed by atoms with Crippen molar-refractivity contribution in [1.29, 1.82) is 0 Å². The fourth-order valence-electron chi connectivity index (χ4n) is 5.47. The first-order chi connectivity index (χ1) is 14.9. The third kappa shape index (κ3) is 3.30. The van der Waals surface area contributed by atoms with E-state index in [1.54, 1.807) is 0 Å². The lowest BCUT2D eigenvalue weighted by Crippen LogP contribution is -2.39. The van der Waals surface area contributed by atoms with E-state index >= 15 is 0 Å². The molecular weight excluding hydrogens is 380 g/mol. The maximum Gasteiger partial charge on any atom is 0.227 e. The summed E-state index contributed by atoms with van der Waals surface area (Å²) in [6.07, 6.45) is 13.4. The molecule has 162 valence electrons. The smallest absolute Gasteiger partial charge is 0.227 e. The van der Waals surface area contributed by atoms with Gasteiger partial charge in [-0.2, -0.15) is 0 Å². The standard InChI is InChI=1S/C28H34N2O/c1-18(2)21-15-16-28(4,30(5)17-21)25-19(3)11-12-22-23-13-14-24(20-9-7-6-8-10-20)29-27(23)31-26(22)25/h11-18,20H,6-10H2,1-5H3. The zero-order valence-electron chi connectivity index (χ0n) is 19.5. The normalized spacial score (nSPS) is 22.6. The quantitative estimate of drug-likeness (QED) is 0.442. The molecule has 1 fully saturated rings. The average molecular weight is 415 g/mol. The molecule has 0 spiro atoms. The fraction of sp³-hybridized carbons (Fsp3) is 0.464. The van der Waals surface area contributed by atoms with Crippen molar-refractivity contribution in [2.75, 3.05) is 7.05 Å². The highest BCUT2D eigenvalue weighted by molar-refractivity contribution is 6.05. The molecule has 1 aromatic carbocycles. The summed E-state index contributed by atoms with van der Waals surface area (Å²) in [4.78, 5) is 7.35. The fourth-order valence-corrected chi connectivity index (χ4v) is 5.47. The number of pyridine rings is 1. The van der Waals surface area contributed by atoms with Gasteiger partial charge >= 0.3 is 0 Å². The van der Waals surface area contributed by atoms with Gasteiger partial charge in [0, 0.05) is 41.2 Å². The first-order valence-electron chi connectivity index (χ1n) is 11.9. The molecule has 3 heterocycles. The minimum atomic E-state index is -0.262. The van der Waals surface area contributed by atoms with Gasteiger partial charge in [0.2, 0.25) is 5.71 Å². The summed E-state index contributed by atoms with van der Waals surface area (Å²) in [5, 5.41) is 2.29. The van der Waals surface area contributed by atoms with Crippen LogP contribution in [-0.2, 0) is 5.54 Å². The lowest BCUT2D eigenvalue weighted by atomic mass is 9.82. The predicted molar refractivity (Wildman–Crippen MR) is 129 cm³/mol. The Morgan fingerprint density at radius 1 is 1.06 bits per heavy atom. The van der Waals surface area contributed by atoms with Crippen LogP contribution in [0.3, 0.4) is 0 Å². The first-order valence-corrected chi connectivity index (χ1v) is 11.9. The van der Waals surface area contributed by atoms with E-state index in [-0.39, 0.29) is 5.54 Å². The van der Waals surface area contributed by atoms with Crippen LogP contribution in [0.15, 0.2) is 52.6 Å². The van der Waals surface area contributed by atoms with E-state index in [9.17, 15) is 0 Å². The monoisotopic (exact) mass is 414 g/mol. The van der Waals surface area contributed by atoms with Gasteiger partial charge in [-0.3, -0.25) is 0 Å². The van der Waals surface area contributed by atoms with Gasteiger partial charge in [-0.05, 0) is 55.9 Å². The third-order valence-electron chi connectivity index (χ3n) is 7.61. The van der Waals surface area contributed by atoms with Crippen molar-refractivity contribution in [2.45, 2.75) is 71.3 Å². The maximum absolute atomic E-state index is 6.54. The number of furan rings is 1. The van der Waals surface area contributed by atoms with E-state index in [0.717, 1.165) is 16.7 Å². The van der Waals surface area contributed by atoms with E-state index in [2.05, 4.69) is 82.3 Å². The molecular formula is C28H34N2O. The summed E-state index contributed by atoms with van der Waals surface area (Å²) < 4.78 is 6.54. The van der Waals surface area contributed by atoms with Crippen LogP contribution in [0.5, 0.6) is 0 Å². The van der Waals surface area contributed by atoms with Crippen LogP contribution in [0.4, 0.5) is 0 Å². The Kier molecular flexibility index (Phi) is 4.96. The highest BCUT2D eigenvalue weighted by atomic mass is 16.3. The molecule has 0 amide bonds. The van der Waals surface area contributed by atoms with E-state index in [4.69, 9.17) is 9.40 Å². The first kappa shape index (κ1) is 20.4. The number of likely N-dealkylation sites (N-methyl/N-ethyl adjacent to an activating group) is 1. The summed E-state index contributed by atoms with van der Waals surface area (Å²) in [5.41, 5.74) is 6.54. The van der Waals surface area contributed by atoms with Crippen LogP contribution < -0.4 is 0 Å². The number of hydrogen-bond donors (Lipinski definition) is 0. The maximum atomic E-state index is 6.54.